The first-order valence-corrected chi connectivity index (χ1v) is 11.4. The summed E-state index contributed by atoms with van der Waals surface area (Å²) in [5, 5.41) is 10.4. The number of amides is 1. The van der Waals surface area contributed by atoms with Crippen molar-refractivity contribution in [3.8, 4) is 0 Å². The number of aromatic nitrogens is 5. The molecule has 9 nitrogen and oxygen atoms in total. The smallest absolute Gasteiger partial charge is 0.270 e. The van der Waals surface area contributed by atoms with E-state index in [1.165, 1.54) is 0 Å². The van der Waals surface area contributed by atoms with Gasteiger partial charge in [-0.15, -0.1) is 10.2 Å². The zero-order valence-electron chi connectivity index (χ0n) is 19.2. The number of nitrogens with zero attached hydrogens (tertiary/aromatic N) is 6. The molecule has 0 aliphatic carbocycles. The summed E-state index contributed by atoms with van der Waals surface area (Å²) in [6, 6.07) is 15.7. The lowest BCUT2D eigenvalue weighted by Gasteiger charge is -2.34. The molecule has 0 unspecified atom stereocenters. The maximum absolute atomic E-state index is 13.0. The molecule has 0 atom stereocenters. The van der Waals surface area contributed by atoms with Crippen molar-refractivity contribution in [1.82, 2.24) is 33.9 Å². The summed E-state index contributed by atoms with van der Waals surface area (Å²) in [5.74, 6) is 1.35. The second kappa shape index (κ2) is 7.81. The number of rotatable bonds is 3. The van der Waals surface area contributed by atoms with Gasteiger partial charge in [0, 0.05) is 44.1 Å². The quantitative estimate of drug-likeness (QED) is 0.451. The summed E-state index contributed by atoms with van der Waals surface area (Å²) in [4.78, 5) is 33.2. The number of hydrogen-bond donors (Lipinski definition) is 1. The standard InChI is InChI=1S/C25H25N7O2/c1-16-7-8-21-18(13-16)23(33)29(2)25-28-27-22(32(21)25)15-30-9-11-31(12-10-30)24(34)20-14-17-5-3-4-6-19(17)26-20/h3-8,13-14,26H,9-12,15H2,1-2H3. The van der Waals surface area contributed by atoms with Gasteiger partial charge in [0.2, 0.25) is 5.78 Å². The van der Waals surface area contributed by atoms with Gasteiger partial charge in [0.25, 0.3) is 11.5 Å². The van der Waals surface area contributed by atoms with Crippen molar-refractivity contribution in [2.45, 2.75) is 13.5 Å². The lowest BCUT2D eigenvalue weighted by Crippen LogP contribution is -2.48. The number of aromatic amines is 1. The molecule has 1 aliphatic heterocycles. The van der Waals surface area contributed by atoms with E-state index in [9.17, 15) is 9.59 Å². The van der Waals surface area contributed by atoms with E-state index in [-0.39, 0.29) is 11.5 Å². The van der Waals surface area contributed by atoms with Gasteiger partial charge >= 0.3 is 0 Å². The van der Waals surface area contributed by atoms with E-state index in [1.807, 2.05) is 64.8 Å². The number of benzene rings is 2. The maximum atomic E-state index is 13.0. The van der Waals surface area contributed by atoms with Gasteiger partial charge in [-0.1, -0.05) is 29.8 Å². The van der Waals surface area contributed by atoms with Gasteiger partial charge in [-0.05, 0) is 31.2 Å². The van der Waals surface area contributed by atoms with Crippen LogP contribution in [0.2, 0.25) is 0 Å². The first kappa shape index (κ1) is 20.6. The Morgan fingerprint density at radius 1 is 1.03 bits per heavy atom. The minimum absolute atomic E-state index is 0.0279. The van der Waals surface area contributed by atoms with Crippen molar-refractivity contribution in [3.05, 3.63) is 76.0 Å². The highest BCUT2D eigenvalue weighted by Crippen LogP contribution is 2.19. The van der Waals surface area contributed by atoms with Gasteiger partial charge in [0.15, 0.2) is 5.82 Å². The average molecular weight is 456 g/mol. The first-order valence-electron chi connectivity index (χ1n) is 11.4. The Morgan fingerprint density at radius 3 is 2.62 bits per heavy atom. The van der Waals surface area contributed by atoms with E-state index < -0.39 is 0 Å². The molecule has 3 aromatic heterocycles. The van der Waals surface area contributed by atoms with E-state index in [1.54, 1.807) is 11.6 Å². The van der Waals surface area contributed by atoms with Crippen molar-refractivity contribution in [1.29, 1.82) is 0 Å². The van der Waals surface area contributed by atoms with Crippen LogP contribution in [0.3, 0.4) is 0 Å². The highest BCUT2D eigenvalue weighted by atomic mass is 16.2. The Morgan fingerprint density at radius 2 is 1.82 bits per heavy atom. The van der Waals surface area contributed by atoms with E-state index in [4.69, 9.17) is 0 Å². The molecule has 1 saturated heterocycles. The maximum Gasteiger partial charge on any atom is 0.270 e. The molecule has 5 aromatic rings. The largest absolute Gasteiger partial charge is 0.351 e. The molecule has 4 heterocycles. The molecule has 0 saturated carbocycles. The third-order valence-corrected chi connectivity index (χ3v) is 6.73. The van der Waals surface area contributed by atoms with E-state index in [0.717, 1.165) is 40.9 Å². The van der Waals surface area contributed by atoms with Crippen LogP contribution in [0.25, 0.3) is 27.6 Å². The number of H-pyrrole nitrogens is 1. The topological polar surface area (TPSA) is 91.5 Å². The normalized spacial score (nSPS) is 15.1. The van der Waals surface area contributed by atoms with Crippen LogP contribution in [0.4, 0.5) is 0 Å². The van der Waals surface area contributed by atoms with Crippen LogP contribution in [-0.2, 0) is 13.6 Å². The Balaban J connectivity index is 1.22. The Bertz CT molecular complexity index is 1590. The van der Waals surface area contributed by atoms with Crippen LogP contribution >= 0.6 is 0 Å². The molecule has 1 aliphatic rings. The Hall–Kier alpha value is -3.98. The van der Waals surface area contributed by atoms with Gasteiger partial charge in [-0.25, -0.2) is 0 Å². The molecule has 1 fully saturated rings. The number of hydrogen-bond acceptors (Lipinski definition) is 5. The van der Waals surface area contributed by atoms with Crippen LogP contribution in [0.5, 0.6) is 0 Å². The molecule has 0 bridgehead atoms. The Labute approximate surface area is 195 Å². The fourth-order valence-corrected chi connectivity index (χ4v) is 4.83. The van der Waals surface area contributed by atoms with Crippen molar-refractivity contribution < 1.29 is 4.79 Å². The molecule has 0 spiro atoms. The minimum Gasteiger partial charge on any atom is -0.351 e. The Kier molecular flexibility index (Phi) is 4.73. The molecular weight excluding hydrogens is 430 g/mol. The van der Waals surface area contributed by atoms with Crippen LogP contribution in [0, 0.1) is 6.92 Å². The zero-order valence-corrected chi connectivity index (χ0v) is 19.2. The van der Waals surface area contributed by atoms with E-state index >= 15 is 0 Å². The number of para-hydroxylation sites is 1. The lowest BCUT2D eigenvalue weighted by atomic mass is 10.1. The predicted octanol–water partition coefficient (Wildman–Crippen LogP) is 2.33. The fraction of sp³-hybridized carbons (Fsp3) is 0.280. The van der Waals surface area contributed by atoms with Gasteiger partial charge in [0.1, 0.15) is 5.69 Å². The molecule has 1 amide bonds. The van der Waals surface area contributed by atoms with Gasteiger partial charge < -0.3 is 9.88 Å². The second-order valence-electron chi connectivity index (χ2n) is 8.98. The summed E-state index contributed by atoms with van der Waals surface area (Å²) < 4.78 is 3.52. The van der Waals surface area contributed by atoms with Gasteiger partial charge in [-0.3, -0.25) is 23.5 Å². The summed E-state index contributed by atoms with van der Waals surface area (Å²) in [6.07, 6.45) is 0. The van der Waals surface area contributed by atoms with E-state index in [0.29, 0.717) is 36.5 Å². The summed E-state index contributed by atoms with van der Waals surface area (Å²) in [7, 11) is 1.73. The molecule has 2 aromatic carbocycles. The lowest BCUT2D eigenvalue weighted by molar-refractivity contribution is 0.0620. The number of fused-ring (bicyclic) bond motifs is 4. The molecule has 6 rings (SSSR count). The molecular formula is C25H25N7O2. The fourth-order valence-electron chi connectivity index (χ4n) is 4.83. The first-order chi connectivity index (χ1) is 16.5. The van der Waals surface area contributed by atoms with Gasteiger partial charge in [-0.2, -0.15) is 0 Å². The number of piperazine rings is 1. The summed E-state index contributed by atoms with van der Waals surface area (Å²) in [6.45, 7) is 5.34. The number of aryl methyl sites for hydroxylation is 2. The van der Waals surface area contributed by atoms with Crippen molar-refractivity contribution in [2.75, 3.05) is 26.2 Å². The second-order valence-corrected chi connectivity index (χ2v) is 8.98. The molecule has 172 valence electrons. The van der Waals surface area contributed by atoms with Crippen molar-refractivity contribution in [2.24, 2.45) is 7.05 Å². The predicted molar refractivity (Wildman–Crippen MR) is 130 cm³/mol. The van der Waals surface area contributed by atoms with Crippen LogP contribution < -0.4 is 5.56 Å². The van der Waals surface area contributed by atoms with Crippen LogP contribution in [0.1, 0.15) is 21.9 Å². The minimum atomic E-state index is -0.0748. The number of nitrogens with one attached hydrogen (secondary N) is 1. The molecule has 9 heteroatoms. The highest BCUT2D eigenvalue weighted by Gasteiger charge is 2.25. The van der Waals surface area contributed by atoms with Gasteiger partial charge in [0.05, 0.1) is 17.4 Å². The average Bonchev–Trinajstić information content (AvgIpc) is 3.47. The monoisotopic (exact) mass is 455 g/mol. The van der Waals surface area contributed by atoms with E-state index in [2.05, 4.69) is 20.1 Å². The summed E-state index contributed by atoms with van der Waals surface area (Å²) >= 11 is 0. The van der Waals surface area contributed by atoms with Crippen LogP contribution in [0.15, 0.2) is 53.3 Å². The van der Waals surface area contributed by atoms with Crippen molar-refractivity contribution in [3.63, 3.8) is 0 Å². The zero-order chi connectivity index (χ0) is 23.4. The number of carbonyl (C=O) groups is 1. The number of carbonyl (C=O) groups excluding carboxylic acids is 1. The van der Waals surface area contributed by atoms with Crippen LogP contribution in [-0.4, -0.2) is 66.0 Å². The SMILES string of the molecule is Cc1ccc2c(c1)c(=O)n(C)c1nnc(CN3CCN(C(=O)c4cc5ccccc5[nH]4)CC3)n21. The molecule has 1 N–H and O–H groups in total. The molecule has 34 heavy (non-hydrogen) atoms. The highest BCUT2D eigenvalue weighted by molar-refractivity contribution is 5.98. The molecule has 0 radical (unpaired) electrons. The third kappa shape index (κ3) is 3.28. The van der Waals surface area contributed by atoms with Crippen molar-refractivity contribution >= 4 is 33.5 Å². The summed E-state index contributed by atoms with van der Waals surface area (Å²) in [5.41, 5.74) is 3.38. The third-order valence-electron chi connectivity index (χ3n) is 6.73.